The van der Waals surface area contributed by atoms with Gasteiger partial charge in [0.2, 0.25) is 0 Å². The molecule has 0 amide bonds. The van der Waals surface area contributed by atoms with Gasteiger partial charge in [-0.3, -0.25) is 4.79 Å². The van der Waals surface area contributed by atoms with E-state index in [1.54, 1.807) is 0 Å². The van der Waals surface area contributed by atoms with Crippen molar-refractivity contribution < 1.29 is 4.79 Å². The predicted octanol–water partition coefficient (Wildman–Crippen LogP) is 2.18. The van der Waals surface area contributed by atoms with Crippen molar-refractivity contribution in [2.45, 2.75) is 25.7 Å². The standard InChI is InChI=1S/C10H14O/c1-2-7-3-4-9-8(7)5-6-10(9)11/h2,7-9H,1,3-6H2. The molecular formula is C10H14O. The van der Waals surface area contributed by atoms with Gasteiger partial charge in [0.15, 0.2) is 0 Å². The summed E-state index contributed by atoms with van der Waals surface area (Å²) in [6, 6.07) is 0. The summed E-state index contributed by atoms with van der Waals surface area (Å²) in [7, 11) is 0. The van der Waals surface area contributed by atoms with Gasteiger partial charge in [-0.25, -0.2) is 0 Å². The third kappa shape index (κ3) is 0.943. The van der Waals surface area contributed by atoms with Crippen LogP contribution in [0.5, 0.6) is 0 Å². The van der Waals surface area contributed by atoms with Crippen molar-refractivity contribution >= 4 is 5.78 Å². The van der Waals surface area contributed by atoms with Crippen molar-refractivity contribution in [1.29, 1.82) is 0 Å². The molecule has 1 heteroatoms. The number of carbonyl (C=O) groups excluding carboxylic acids is 1. The maximum Gasteiger partial charge on any atom is 0.136 e. The smallest absolute Gasteiger partial charge is 0.136 e. The summed E-state index contributed by atoms with van der Waals surface area (Å²) in [4.78, 5) is 11.3. The number of fused-ring (bicyclic) bond motifs is 1. The first kappa shape index (κ1) is 7.08. The fourth-order valence-electron chi connectivity index (χ4n) is 2.70. The van der Waals surface area contributed by atoms with Gasteiger partial charge >= 0.3 is 0 Å². The minimum Gasteiger partial charge on any atom is -0.299 e. The minimum atomic E-state index is 0.415. The normalized spacial score (nSPS) is 42.5. The predicted molar refractivity (Wildman–Crippen MR) is 44.1 cm³/mol. The molecule has 11 heavy (non-hydrogen) atoms. The lowest BCUT2D eigenvalue weighted by Gasteiger charge is -2.12. The van der Waals surface area contributed by atoms with E-state index in [9.17, 15) is 4.79 Å². The summed E-state index contributed by atoms with van der Waals surface area (Å²) in [5, 5.41) is 0. The molecule has 3 atom stereocenters. The minimum absolute atomic E-state index is 0.415. The Balaban J connectivity index is 2.15. The van der Waals surface area contributed by atoms with E-state index in [0.29, 0.717) is 23.5 Å². The molecule has 0 aromatic carbocycles. The molecule has 0 bridgehead atoms. The first-order valence-electron chi connectivity index (χ1n) is 4.48. The maximum atomic E-state index is 11.3. The van der Waals surface area contributed by atoms with E-state index in [0.717, 1.165) is 19.3 Å². The van der Waals surface area contributed by atoms with Crippen LogP contribution in [0.1, 0.15) is 25.7 Å². The first-order valence-corrected chi connectivity index (χ1v) is 4.48. The van der Waals surface area contributed by atoms with Crippen molar-refractivity contribution in [1.82, 2.24) is 0 Å². The molecule has 2 aliphatic carbocycles. The van der Waals surface area contributed by atoms with Gasteiger partial charge in [-0.05, 0) is 31.1 Å². The fourth-order valence-corrected chi connectivity index (χ4v) is 2.70. The highest BCUT2D eigenvalue weighted by Gasteiger charge is 2.42. The van der Waals surface area contributed by atoms with Gasteiger partial charge in [0, 0.05) is 12.3 Å². The summed E-state index contributed by atoms with van der Waals surface area (Å²) in [5.41, 5.74) is 0. The summed E-state index contributed by atoms with van der Waals surface area (Å²) in [6.07, 6.45) is 6.33. The Kier molecular flexibility index (Phi) is 1.59. The SMILES string of the molecule is C=CC1CCC2C(=O)CCC12. The van der Waals surface area contributed by atoms with Gasteiger partial charge in [0.25, 0.3) is 0 Å². The van der Waals surface area contributed by atoms with E-state index >= 15 is 0 Å². The molecule has 2 fully saturated rings. The van der Waals surface area contributed by atoms with Crippen molar-refractivity contribution in [2.24, 2.45) is 17.8 Å². The quantitative estimate of drug-likeness (QED) is 0.523. The zero-order valence-electron chi connectivity index (χ0n) is 6.75. The Morgan fingerprint density at radius 2 is 2.18 bits per heavy atom. The molecule has 0 saturated heterocycles. The molecular weight excluding hydrogens is 136 g/mol. The fraction of sp³-hybridized carbons (Fsp3) is 0.700. The van der Waals surface area contributed by atoms with E-state index < -0.39 is 0 Å². The van der Waals surface area contributed by atoms with Crippen LogP contribution in [0.4, 0.5) is 0 Å². The topological polar surface area (TPSA) is 17.1 Å². The van der Waals surface area contributed by atoms with Crippen molar-refractivity contribution in [3.05, 3.63) is 12.7 Å². The van der Waals surface area contributed by atoms with Crippen molar-refractivity contribution in [3.8, 4) is 0 Å². The van der Waals surface area contributed by atoms with Crippen molar-refractivity contribution in [3.63, 3.8) is 0 Å². The van der Waals surface area contributed by atoms with Gasteiger partial charge < -0.3 is 0 Å². The lowest BCUT2D eigenvalue weighted by molar-refractivity contribution is -0.120. The Bertz CT molecular complexity index is 195. The second-order valence-corrected chi connectivity index (χ2v) is 3.75. The van der Waals surface area contributed by atoms with Crippen LogP contribution < -0.4 is 0 Å². The molecule has 0 aliphatic heterocycles. The third-order valence-corrected chi connectivity index (χ3v) is 3.32. The molecule has 0 aromatic rings. The Hall–Kier alpha value is -0.590. The lowest BCUT2D eigenvalue weighted by atomic mass is 9.92. The highest BCUT2D eigenvalue weighted by atomic mass is 16.1. The lowest BCUT2D eigenvalue weighted by Crippen LogP contribution is -2.10. The molecule has 2 rings (SSSR count). The summed E-state index contributed by atoms with van der Waals surface area (Å²) in [5.74, 6) is 2.24. The van der Waals surface area contributed by atoms with Crippen LogP contribution in [-0.2, 0) is 4.79 Å². The van der Waals surface area contributed by atoms with Crippen LogP contribution in [0.3, 0.4) is 0 Å². The number of hydrogen-bond donors (Lipinski definition) is 0. The summed E-state index contributed by atoms with van der Waals surface area (Å²) >= 11 is 0. The number of carbonyl (C=O) groups is 1. The summed E-state index contributed by atoms with van der Waals surface area (Å²) < 4.78 is 0. The molecule has 0 radical (unpaired) electrons. The van der Waals surface area contributed by atoms with Crippen LogP contribution in [0.2, 0.25) is 0 Å². The van der Waals surface area contributed by atoms with Crippen LogP contribution in [0.15, 0.2) is 12.7 Å². The average molecular weight is 150 g/mol. The van der Waals surface area contributed by atoms with E-state index in [1.807, 2.05) is 6.08 Å². The maximum absolute atomic E-state index is 11.3. The van der Waals surface area contributed by atoms with E-state index in [1.165, 1.54) is 6.42 Å². The third-order valence-electron chi connectivity index (χ3n) is 3.32. The number of allylic oxidation sites excluding steroid dienone is 1. The number of Topliss-reactive ketones (excluding diaryl/α,β-unsaturated/α-hetero) is 1. The van der Waals surface area contributed by atoms with Gasteiger partial charge in [-0.2, -0.15) is 0 Å². The molecule has 0 aromatic heterocycles. The van der Waals surface area contributed by atoms with Gasteiger partial charge in [0.05, 0.1) is 0 Å². The highest BCUT2D eigenvalue weighted by Crippen LogP contribution is 2.45. The van der Waals surface area contributed by atoms with Gasteiger partial charge in [-0.1, -0.05) is 6.08 Å². The molecule has 3 unspecified atom stereocenters. The van der Waals surface area contributed by atoms with Gasteiger partial charge in [0.1, 0.15) is 5.78 Å². The second kappa shape index (κ2) is 2.47. The zero-order valence-corrected chi connectivity index (χ0v) is 6.75. The highest BCUT2D eigenvalue weighted by molar-refractivity contribution is 5.83. The van der Waals surface area contributed by atoms with Crippen molar-refractivity contribution in [2.75, 3.05) is 0 Å². The Morgan fingerprint density at radius 3 is 2.91 bits per heavy atom. The summed E-state index contributed by atoms with van der Waals surface area (Å²) in [6.45, 7) is 3.82. The van der Waals surface area contributed by atoms with Crippen LogP contribution in [0.25, 0.3) is 0 Å². The number of ketones is 1. The van der Waals surface area contributed by atoms with Crippen LogP contribution >= 0.6 is 0 Å². The Labute approximate surface area is 67.5 Å². The van der Waals surface area contributed by atoms with Crippen LogP contribution in [0, 0.1) is 17.8 Å². The van der Waals surface area contributed by atoms with E-state index in [4.69, 9.17) is 0 Å². The monoisotopic (exact) mass is 150 g/mol. The molecule has 1 nitrogen and oxygen atoms in total. The zero-order chi connectivity index (χ0) is 7.84. The second-order valence-electron chi connectivity index (χ2n) is 3.75. The number of hydrogen-bond acceptors (Lipinski definition) is 1. The molecule has 2 saturated carbocycles. The molecule has 2 aliphatic rings. The van der Waals surface area contributed by atoms with Gasteiger partial charge in [-0.15, -0.1) is 6.58 Å². The average Bonchev–Trinajstić information content (AvgIpc) is 2.53. The number of rotatable bonds is 1. The Morgan fingerprint density at radius 1 is 1.36 bits per heavy atom. The molecule has 0 heterocycles. The molecule has 0 N–H and O–H groups in total. The van der Waals surface area contributed by atoms with Crippen LogP contribution in [-0.4, -0.2) is 5.78 Å². The first-order chi connectivity index (χ1) is 5.33. The van der Waals surface area contributed by atoms with E-state index in [-0.39, 0.29) is 0 Å². The molecule has 0 spiro atoms. The largest absolute Gasteiger partial charge is 0.299 e. The van der Waals surface area contributed by atoms with E-state index in [2.05, 4.69) is 6.58 Å². The molecule has 60 valence electrons.